The summed E-state index contributed by atoms with van der Waals surface area (Å²) in [4.78, 5) is 2.68. The molecule has 1 heterocycles. The summed E-state index contributed by atoms with van der Waals surface area (Å²) in [5.74, 6) is 0.873. The van der Waals surface area contributed by atoms with Gasteiger partial charge in [-0.1, -0.05) is 6.92 Å². The lowest BCUT2D eigenvalue weighted by molar-refractivity contribution is 0.119. The van der Waals surface area contributed by atoms with Gasteiger partial charge in [0.05, 0.1) is 6.07 Å². The molecular formula is C17H31N3. The molecule has 0 amide bonds. The summed E-state index contributed by atoms with van der Waals surface area (Å²) in [6.45, 7) is 9.14. The molecule has 3 heteroatoms. The number of nitrogens with zero attached hydrogens (tertiary/aromatic N) is 2. The molecule has 1 N–H and O–H groups in total. The minimum Gasteiger partial charge on any atom is -0.300 e. The Bertz CT molecular complexity index is 347. The highest BCUT2D eigenvalue weighted by Gasteiger charge is 2.39. The zero-order valence-electron chi connectivity index (χ0n) is 13.5. The van der Waals surface area contributed by atoms with Gasteiger partial charge in [-0.15, -0.1) is 0 Å². The fraction of sp³-hybridized carbons (Fsp3) is 0.941. The molecule has 3 unspecified atom stereocenters. The Morgan fingerprint density at radius 2 is 2.00 bits per heavy atom. The van der Waals surface area contributed by atoms with Gasteiger partial charge in [-0.25, -0.2) is 0 Å². The highest BCUT2D eigenvalue weighted by Crippen LogP contribution is 2.33. The topological polar surface area (TPSA) is 39.1 Å². The van der Waals surface area contributed by atoms with Crippen molar-refractivity contribution in [2.75, 3.05) is 13.1 Å². The predicted octanol–water partition coefficient (Wildman–Crippen LogP) is 3.31. The van der Waals surface area contributed by atoms with Crippen LogP contribution in [0.2, 0.25) is 0 Å². The van der Waals surface area contributed by atoms with Crippen LogP contribution in [0, 0.1) is 17.2 Å². The molecule has 0 aromatic heterocycles. The van der Waals surface area contributed by atoms with Crippen molar-refractivity contribution in [3.8, 4) is 6.07 Å². The lowest BCUT2D eigenvalue weighted by Crippen LogP contribution is -2.54. The lowest BCUT2D eigenvalue weighted by Gasteiger charge is -2.42. The van der Waals surface area contributed by atoms with Gasteiger partial charge in [0.1, 0.15) is 5.54 Å². The minimum absolute atomic E-state index is 0.283. The van der Waals surface area contributed by atoms with E-state index in [-0.39, 0.29) is 5.54 Å². The van der Waals surface area contributed by atoms with Crippen LogP contribution in [0.25, 0.3) is 0 Å². The summed E-state index contributed by atoms with van der Waals surface area (Å²) in [5, 5.41) is 13.2. The van der Waals surface area contributed by atoms with Crippen molar-refractivity contribution < 1.29 is 0 Å². The molecule has 114 valence electrons. The highest BCUT2D eigenvalue weighted by atomic mass is 15.2. The zero-order valence-corrected chi connectivity index (χ0v) is 13.5. The average Bonchev–Trinajstić information content (AvgIpc) is 2.63. The lowest BCUT2D eigenvalue weighted by atomic mass is 9.78. The second kappa shape index (κ2) is 6.91. The molecule has 2 aliphatic rings. The number of rotatable bonds is 3. The Labute approximate surface area is 124 Å². The number of hydrogen-bond acceptors (Lipinski definition) is 3. The van der Waals surface area contributed by atoms with Crippen molar-refractivity contribution in [3.05, 3.63) is 0 Å². The fourth-order valence-corrected chi connectivity index (χ4v) is 4.03. The molecule has 2 fully saturated rings. The van der Waals surface area contributed by atoms with E-state index < -0.39 is 0 Å². The first-order valence-electron chi connectivity index (χ1n) is 8.48. The van der Waals surface area contributed by atoms with Crippen molar-refractivity contribution in [1.29, 1.82) is 5.26 Å². The third-order valence-electron chi connectivity index (χ3n) is 5.07. The van der Waals surface area contributed by atoms with Crippen LogP contribution in [0.4, 0.5) is 0 Å². The molecule has 2 rings (SSSR count). The second-order valence-electron chi connectivity index (χ2n) is 7.32. The Balaban J connectivity index is 2.00. The first kappa shape index (κ1) is 15.8. The standard InChI is InChI=1S/C17H31N3/c1-14(2)19-17(13-18)9-4-7-16(12-17)20-10-5-6-15(3)8-11-20/h14-16,19H,4-12H2,1-3H3. The SMILES string of the molecule is CC1CCCN(C2CCCC(C#N)(NC(C)C)C2)CC1. The first-order chi connectivity index (χ1) is 9.54. The van der Waals surface area contributed by atoms with Crippen LogP contribution in [0.1, 0.15) is 65.7 Å². The van der Waals surface area contributed by atoms with Gasteiger partial charge in [0.15, 0.2) is 0 Å². The number of hydrogen-bond donors (Lipinski definition) is 1. The molecule has 0 radical (unpaired) electrons. The second-order valence-corrected chi connectivity index (χ2v) is 7.32. The van der Waals surface area contributed by atoms with Crippen LogP contribution in [0.3, 0.4) is 0 Å². The Hall–Kier alpha value is -0.590. The van der Waals surface area contributed by atoms with E-state index in [1.807, 2.05) is 0 Å². The third kappa shape index (κ3) is 3.96. The van der Waals surface area contributed by atoms with E-state index in [9.17, 15) is 5.26 Å². The van der Waals surface area contributed by atoms with Crippen LogP contribution in [0.15, 0.2) is 0 Å². The first-order valence-corrected chi connectivity index (χ1v) is 8.48. The van der Waals surface area contributed by atoms with E-state index in [1.54, 1.807) is 0 Å². The van der Waals surface area contributed by atoms with E-state index in [4.69, 9.17) is 0 Å². The van der Waals surface area contributed by atoms with Crippen molar-refractivity contribution in [3.63, 3.8) is 0 Å². The molecule has 0 spiro atoms. The summed E-state index contributed by atoms with van der Waals surface area (Å²) in [6.07, 6.45) is 8.51. The molecule has 0 aromatic carbocycles. The molecule has 0 bridgehead atoms. The maximum atomic E-state index is 9.67. The fourth-order valence-electron chi connectivity index (χ4n) is 4.03. The van der Waals surface area contributed by atoms with Crippen LogP contribution < -0.4 is 5.32 Å². The molecular weight excluding hydrogens is 246 g/mol. The van der Waals surface area contributed by atoms with Crippen LogP contribution in [-0.4, -0.2) is 35.6 Å². The van der Waals surface area contributed by atoms with E-state index >= 15 is 0 Å². The third-order valence-corrected chi connectivity index (χ3v) is 5.07. The van der Waals surface area contributed by atoms with E-state index in [0.717, 1.165) is 18.8 Å². The smallest absolute Gasteiger partial charge is 0.108 e. The quantitative estimate of drug-likeness (QED) is 0.860. The van der Waals surface area contributed by atoms with Gasteiger partial charge in [-0.05, 0) is 77.8 Å². The van der Waals surface area contributed by atoms with Crippen LogP contribution >= 0.6 is 0 Å². The van der Waals surface area contributed by atoms with E-state index in [0.29, 0.717) is 12.1 Å². The molecule has 1 saturated carbocycles. The number of likely N-dealkylation sites (tertiary alicyclic amines) is 1. The molecule has 1 aliphatic carbocycles. The van der Waals surface area contributed by atoms with Gasteiger partial charge in [0, 0.05) is 12.1 Å². The molecule has 1 saturated heterocycles. The van der Waals surface area contributed by atoms with Crippen molar-refractivity contribution in [1.82, 2.24) is 10.2 Å². The van der Waals surface area contributed by atoms with Gasteiger partial charge in [0.25, 0.3) is 0 Å². The average molecular weight is 277 g/mol. The van der Waals surface area contributed by atoms with Crippen LogP contribution in [0.5, 0.6) is 0 Å². The van der Waals surface area contributed by atoms with Gasteiger partial charge in [-0.3, -0.25) is 5.32 Å². The Morgan fingerprint density at radius 3 is 2.70 bits per heavy atom. The summed E-state index contributed by atoms with van der Waals surface area (Å²) in [5.41, 5.74) is -0.283. The van der Waals surface area contributed by atoms with Crippen molar-refractivity contribution in [2.45, 2.75) is 83.3 Å². The summed E-state index contributed by atoms with van der Waals surface area (Å²) in [7, 11) is 0. The molecule has 1 aliphatic heterocycles. The largest absolute Gasteiger partial charge is 0.300 e. The Kier molecular flexibility index (Phi) is 5.46. The number of nitrogens with one attached hydrogen (secondary N) is 1. The normalized spacial score (nSPS) is 36.5. The van der Waals surface area contributed by atoms with Gasteiger partial charge in [-0.2, -0.15) is 5.26 Å². The summed E-state index contributed by atoms with van der Waals surface area (Å²) >= 11 is 0. The Morgan fingerprint density at radius 1 is 1.20 bits per heavy atom. The van der Waals surface area contributed by atoms with Gasteiger partial charge < -0.3 is 4.90 Å². The summed E-state index contributed by atoms with van der Waals surface area (Å²) in [6, 6.07) is 3.60. The zero-order chi connectivity index (χ0) is 14.6. The predicted molar refractivity (Wildman–Crippen MR) is 83.5 cm³/mol. The van der Waals surface area contributed by atoms with E-state index in [2.05, 4.69) is 37.1 Å². The molecule has 3 nitrogen and oxygen atoms in total. The van der Waals surface area contributed by atoms with Crippen LogP contribution in [-0.2, 0) is 0 Å². The minimum atomic E-state index is -0.283. The highest BCUT2D eigenvalue weighted by molar-refractivity contribution is 5.11. The van der Waals surface area contributed by atoms with Gasteiger partial charge in [0.2, 0.25) is 0 Å². The summed E-state index contributed by atoms with van der Waals surface area (Å²) < 4.78 is 0. The molecule has 3 atom stereocenters. The maximum absolute atomic E-state index is 9.67. The van der Waals surface area contributed by atoms with Crippen molar-refractivity contribution >= 4 is 0 Å². The monoisotopic (exact) mass is 277 g/mol. The van der Waals surface area contributed by atoms with Gasteiger partial charge >= 0.3 is 0 Å². The van der Waals surface area contributed by atoms with Crippen molar-refractivity contribution in [2.24, 2.45) is 5.92 Å². The maximum Gasteiger partial charge on any atom is 0.108 e. The molecule has 0 aromatic rings. The van der Waals surface area contributed by atoms with E-state index in [1.165, 1.54) is 45.2 Å². The number of nitriles is 1. The molecule has 20 heavy (non-hydrogen) atoms.